The number of halogens is 4. The molecule has 0 fully saturated rings. The van der Waals surface area contributed by atoms with Gasteiger partial charge in [0.05, 0.1) is 5.52 Å². The summed E-state index contributed by atoms with van der Waals surface area (Å²) in [6, 6.07) is 0.629. The molecular weight excluding hydrogens is 287 g/mol. The summed E-state index contributed by atoms with van der Waals surface area (Å²) in [5.74, 6) is 0. The van der Waals surface area contributed by atoms with Crippen molar-refractivity contribution in [3.05, 3.63) is 37.8 Å². The van der Waals surface area contributed by atoms with E-state index in [1.165, 1.54) is 14.1 Å². The molecule has 0 aliphatic heterocycles. The summed E-state index contributed by atoms with van der Waals surface area (Å²) in [5, 5.41) is -0.805. The molecule has 19 heavy (non-hydrogen) atoms. The molecule has 0 bridgehead atoms. The average molecular weight is 294 g/mol. The van der Waals surface area contributed by atoms with Gasteiger partial charge in [-0.05, 0) is 6.07 Å². The molecule has 5 nitrogen and oxygen atoms in total. The third kappa shape index (κ3) is 2.01. The highest BCUT2D eigenvalue weighted by molar-refractivity contribution is 6.34. The van der Waals surface area contributed by atoms with Crippen LogP contribution in [0.5, 0.6) is 0 Å². The Kier molecular flexibility index (Phi) is 2.93. The Balaban J connectivity index is 3.07. The van der Waals surface area contributed by atoms with E-state index < -0.39 is 28.3 Å². The van der Waals surface area contributed by atoms with Gasteiger partial charge in [0, 0.05) is 14.1 Å². The zero-order valence-electron chi connectivity index (χ0n) is 9.75. The fraction of sp³-hybridized carbons (Fsp3) is 0.300. The maximum Gasteiger partial charge on any atom is 0.433 e. The Morgan fingerprint density at radius 2 is 1.79 bits per heavy atom. The van der Waals surface area contributed by atoms with E-state index in [2.05, 4.69) is 4.98 Å². The van der Waals surface area contributed by atoms with E-state index in [1.54, 1.807) is 0 Å². The van der Waals surface area contributed by atoms with Gasteiger partial charge in [0.2, 0.25) is 0 Å². The van der Waals surface area contributed by atoms with Gasteiger partial charge in [0.1, 0.15) is 16.2 Å². The molecule has 0 aromatic carbocycles. The highest BCUT2D eigenvalue weighted by Gasteiger charge is 2.34. The van der Waals surface area contributed by atoms with Crippen molar-refractivity contribution in [1.82, 2.24) is 14.1 Å². The summed E-state index contributed by atoms with van der Waals surface area (Å²) < 4.78 is 39.5. The van der Waals surface area contributed by atoms with Crippen LogP contribution in [0, 0.1) is 0 Å². The van der Waals surface area contributed by atoms with Crippen LogP contribution in [0.2, 0.25) is 5.15 Å². The first-order valence-electron chi connectivity index (χ1n) is 4.98. The lowest BCUT2D eigenvalue weighted by Crippen LogP contribution is -2.37. The number of hydrogen-bond acceptors (Lipinski definition) is 3. The summed E-state index contributed by atoms with van der Waals surface area (Å²) in [6.45, 7) is 0. The number of hydrogen-bond donors (Lipinski definition) is 0. The van der Waals surface area contributed by atoms with E-state index in [0.717, 1.165) is 9.13 Å². The van der Waals surface area contributed by atoms with Crippen molar-refractivity contribution in [3.63, 3.8) is 0 Å². The van der Waals surface area contributed by atoms with Gasteiger partial charge in [-0.1, -0.05) is 11.6 Å². The van der Waals surface area contributed by atoms with Crippen LogP contribution in [0.15, 0.2) is 15.7 Å². The van der Waals surface area contributed by atoms with E-state index in [0.29, 0.717) is 6.07 Å². The van der Waals surface area contributed by atoms with Crippen LogP contribution in [0.4, 0.5) is 13.2 Å². The number of pyridine rings is 1. The molecule has 0 N–H and O–H groups in total. The molecule has 2 rings (SSSR count). The summed E-state index contributed by atoms with van der Waals surface area (Å²) in [4.78, 5) is 26.6. The molecule has 0 atom stereocenters. The molecule has 0 saturated carbocycles. The summed E-state index contributed by atoms with van der Waals surface area (Å²) >= 11 is 5.63. The SMILES string of the molecule is Cn1c(=O)c2c(Cl)nc(C(F)(F)F)cc2n(C)c1=O. The fourth-order valence-electron chi connectivity index (χ4n) is 1.69. The highest BCUT2D eigenvalue weighted by atomic mass is 35.5. The molecule has 0 saturated heterocycles. The van der Waals surface area contributed by atoms with Gasteiger partial charge >= 0.3 is 11.9 Å². The van der Waals surface area contributed by atoms with Crippen molar-refractivity contribution in [2.45, 2.75) is 6.18 Å². The Labute approximate surface area is 108 Å². The highest BCUT2D eigenvalue weighted by Crippen LogP contribution is 2.30. The van der Waals surface area contributed by atoms with Gasteiger partial charge in [-0.3, -0.25) is 13.9 Å². The Morgan fingerprint density at radius 1 is 1.21 bits per heavy atom. The van der Waals surface area contributed by atoms with Crippen LogP contribution >= 0.6 is 11.6 Å². The van der Waals surface area contributed by atoms with E-state index in [1.807, 2.05) is 0 Å². The minimum absolute atomic E-state index is 0.208. The molecule has 102 valence electrons. The number of nitrogens with zero attached hydrogens (tertiary/aromatic N) is 3. The molecule has 2 aromatic rings. The Morgan fingerprint density at radius 3 is 2.32 bits per heavy atom. The van der Waals surface area contributed by atoms with Gasteiger partial charge in [-0.25, -0.2) is 9.78 Å². The number of fused-ring (bicyclic) bond motifs is 1. The maximum atomic E-state index is 12.6. The topological polar surface area (TPSA) is 56.9 Å². The third-order valence-corrected chi connectivity index (χ3v) is 2.97. The zero-order chi connectivity index (χ0) is 14.5. The first-order chi connectivity index (χ1) is 8.64. The number of rotatable bonds is 0. The molecule has 0 spiro atoms. The normalized spacial score (nSPS) is 12.1. The predicted molar refractivity (Wildman–Crippen MR) is 62.2 cm³/mol. The molecule has 0 aliphatic carbocycles. The molecular formula is C10H7ClF3N3O2. The first-order valence-corrected chi connectivity index (χ1v) is 5.36. The van der Waals surface area contributed by atoms with Crippen LogP contribution in [0.25, 0.3) is 10.9 Å². The third-order valence-electron chi connectivity index (χ3n) is 2.70. The fourth-order valence-corrected chi connectivity index (χ4v) is 1.96. The molecule has 0 amide bonds. The van der Waals surface area contributed by atoms with E-state index in [9.17, 15) is 22.8 Å². The van der Waals surface area contributed by atoms with Crippen molar-refractivity contribution >= 4 is 22.5 Å². The quantitative estimate of drug-likeness (QED) is 0.688. The second-order valence-corrected chi connectivity index (χ2v) is 4.25. The zero-order valence-corrected chi connectivity index (χ0v) is 10.5. The molecule has 0 radical (unpaired) electrons. The van der Waals surface area contributed by atoms with Crippen LogP contribution in [0.1, 0.15) is 5.69 Å². The van der Waals surface area contributed by atoms with Gasteiger partial charge in [0.25, 0.3) is 5.56 Å². The van der Waals surface area contributed by atoms with Crippen molar-refractivity contribution < 1.29 is 13.2 Å². The summed E-state index contributed by atoms with van der Waals surface area (Å²) in [7, 11) is 2.46. The van der Waals surface area contributed by atoms with E-state index in [-0.39, 0.29) is 10.9 Å². The van der Waals surface area contributed by atoms with Gasteiger partial charge in [-0.15, -0.1) is 0 Å². The van der Waals surface area contributed by atoms with Crippen molar-refractivity contribution in [1.29, 1.82) is 0 Å². The standard InChI is InChI=1S/C10H7ClF3N3O2/c1-16-4-3-5(10(12,13)14)15-7(11)6(4)8(18)17(2)9(16)19/h3H,1-2H3. The molecule has 9 heteroatoms. The number of alkyl halides is 3. The van der Waals surface area contributed by atoms with Crippen molar-refractivity contribution in [3.8, 4) is 0 Å². The summed E-state index contributed by atoms with van der Waals surface area (Å²) in [6.07, 6.45) is -4.71. The first kappa shape index (κ1) is 13.6. The van der Waals surface area contributed by atoms with Gasteiger partial charge in [0.15, 0.2) is 0 Å². The average Bonchev–Trinajstić information content (AvgIpc) is 2.31. The van der Waals surface area contributed by atoms with Crippen LogP contribution in [0.3, 0.4) is 0 Å². The van der Waals surface area contributed by atoms with Crippen molar-refractivity contribution in [2.75, 3.05) is 0 Å². The van der Waals surface area contributed by atoms with Gasteiger partial charge in [-0.2, -0.15) is 13.2 Å². The lowest BCUT2D eigenvalue weighted by Gasteiger charge is -2.11. The second-order valence-electron chi connectivity index (χ2n) is 3.90. The maximum absolute atomic E-state index is 12.6. The number of aromatic nitrogens is 3. The van der Waals surface area contributed by atoms with Gasteiger partial charge < -0.3 is 0 Å². The van der Waals surface area contributed by atoms with Crippen LogP contribution < -0.4 is 11.2 Å². The second kappa shape index (κ2) is 4.09. The molecule has 2 aromatic heterocycles. The van der Waals surface area contributed by atoms with Crippen LogP contribution in [-0.4, -0.2) is 14.1 Å². The lowest BCUT2D eigenvalue weighted by molar-refractivity contribution is -0.141. The monoisotopic (exact) mass is 293 g/mol. The lowest BCUT2D eigenvalue weighted by atomic mass is 10.2. The minimum atomic E-state index is -4.71. The van der Waals surface area contributed by atoms with E-state index >= 15 is 0 Å². The molecule has 0 aliphatic rings. The smallest absolute Gasteiger partial charge is 0.296 e. The predicted octanol–water partition coefficient (Wildman–Crippen LogP) is 1.30. The van der Waals surface area contributed by atoms with Crippen LogP contribution in [-0.2, 0) is 20.3 Å². The Bertz CT molecular complexity index is 792. The molecule has 2 heterocycles. The Hall–Kier alpha value is -1.83. The summed E-state index contributed by atoms with van der Waals surface area (Å²) in [5.41, 5.74) is -2.99. The largest absolute Gasteiger partial charge is 0.433 e. The number of aryl methyl sites for hydroxylation is 1. The van der Waals surface area contributed by atoms with E-state index in [4.69, 9.17) is 11.6 Å². The molecule has 0 unspecified atom stereocenters. The van der Waals surface area contributed by atoms with Crippen molar-refractivity contribution in [2.24, 2.45) is 14.1 Å². The minimum Gasteiger partial charge on any atom is -0.296 e.